The molecule has 2 aliphatic heterocycles. The predicted octanol–water partition coefficient (Wildman–Crippen LogP) is 2.60. The standard InChI is InChI=1S/C24H22N2O6S/c27-24(25-14-17-16-30-21-12-6-7-13-22(21)31-17)23-15-26(19-10-4-5-11-20(19)32-23)33(28,29)18-8-2-1-3-9-18/h1-13,17,23H,14-16H2,(H,25,27). The lowest BCUT2D eigenvalue weighted by Gasteiger charge is -2.35. The molecule has 2 unspecified atom stereocenters. The summed E-state index contributed by atoms with van der Waals surface area (Å²) < 4.78 is 45.3. The lowest BCUT2D eigenvalue weighted by atomic mass is 10.2. The molecule has 33 heavy (non-hydrogen) atoms. The number of nitrogens with one attached hydrogen (secondary N) is 1. The first-order valence-corrected chi connectivity index (χ1v) is 12.0. The minimum atomic E-state index is -3.88. The molecule has 5 rings (SSSR count). The highest BCUT2D eigenvalue weighted by Crippen LogP contribution is 2.37. The van der Waals surface area contributed by atoms with Gasteiger partial charge in [0.15, 0.2) is 17.6 Å². The fraction of sp³-hybridized carbons (Fsp3) is 0.208. The molecular formula is C24H22N2O6S. The van der Waals surface area contributed by atoms with Gasteiger partial charge in [0.25, 0.3) is 15.9 Å². The van der Waals surface area contributed by atoms with Crippen LogP contribution in [-0.2, 0) is 14.8 Å². The largest absolute Gasteiger partial charge is 0.486 e. The van der Waals surface area contributed by atoms with Crippen LogP contribution in [0.25, 0.3) is 0 Å². The fourth-order valence-corrected chi connectivity index (χ4v) is 5.27. The van der Waals surface area contributed by atoms with E-state index in [1.807, 2.05) is 18.2 Å². The summed E-state index contributed by atoms with van der Waals surface area (Å²) in [6.45, 7) is 0.338. The van der Waals surface area contributed by atoms with Crippen LogP contribution in [0.3, 0.4) is 0 Å². The van der Waals surface area contributed by atoms with E-state index in [0.29, 0.717) is 29.5 Å². The first-order chi connectivity index (χ1) is 16.0. The maximum Gasteiger partial charge on any atom is 0.264 e. The van der Waals surface area contributed by atoms with Gasteiger partial charge in [0.1, 0.15) is 18.5 Å². The molecule has 0 saturated carbocycles. The number of para-hydroxylation sites is 4. The summed E-state index contributed by atoms with van der Waals surface area (Å²) in [5.41, 5.74) is 0.394. The molecule has 9 heteroatoms. The Kier molecular flexibility index (Phi) is 5.55. The number of nitrogens with zero attached hydrogens (tertiary/aromatic N) is 1. The molecule has 0 saturated heterocycles. The average molecular weight is 467 g/mol. The van der Waals surface area contributed by atoms with Gasteiger partial charge in [0.05, 0.1) is 23.7 Å². The normalized spacial score (nSPS) is 19.2. The van der Waals surface area contributed by atoms with Gasteiger partial charge in [0, 0.05) is 0 Å². The van der Waals surface area contributed by atoms with Gasteiger partial charge in [-0.2, -0.15) is 0 Å². The van der Waals surface area contributed by atoms with Gasteiger partial charge in [-0.25, -0.2) is 8.42 Å². The molecular weight excluding hydrogens is 444 g/mol. The number of ether oxygens (including phenoxy) is 3. The topological polar surface area (TPSA) is 94.2 Å². The van der Waals surface area contributed by atoms with E-state index in [2.05, 4.69) is 5.32 Å². The molecule has 3 aromatic carbocycles. The molecule has 2 atom stereocenters. The Labute approximate surface area is 191 Å². The van der Waals surface area contributed by atoms with E-state index < -0.39 is 22.0 Å². The van der Waals surface area contributed by atoms with Crippen molar-refractivity contribution < 1.29 is 27.4 Å². The Morgan fingerprint density at radius 1 is 0.879 bits per heavy atom. The van der Waals surface area contributed by atoms with Crippen molar-refractivity contribution in [3.63, 3.8) is 0 Å². The number of fused-ring (bicyclic) bond motifs is 2. The van der Waals surface area contributed by atoms with Crippen molar-refractivity contribution in [3.05, 3.63) is 78.9 Å². The summed E-state index contributed by atoms with van der Waals surface area (Å²) in [5, 5.41) is 2.81. The molecule has 2 heterocycles. The van der Waals surface area contributed by atoms with Gasteiger partial charge in [-0.1, -0.05) is 42.5 Å². The molecule has 0 aliphatic carbocycles. The number of rotatable bonds is 5. The van der Waals surface area contributed by atoms with E-state index in [1.54, 1.807) is 48.5 Å². The van der Waals surface area contributed by atoms with Gasteiger partial charge in [-0.15, -0.1) is 0 Å². The van der Waals surface area contributed by atoms with Crippen LogP contribution in [-0.4, -0.2) is 46.2 Å². The molecule has 8 nitrogen and oxygen atoms in total. The highest BCUT2D eigenvalue weighted by Gasteiger charge is 2.37. The Bertz CT molecular complexity index is 1260. The second kappa shape index (κ2) is 8.67. The molecule has 0 radical (unpaired) electrons. The minimum Gasteiger partial charge on any atom is -0.486 e. The van der Waals surface area contributed by atoms with Gasteiger partial charge in [0.2, 0.25) is 0 Å². The molecule has 1 amide bonds. The van der Waals surface area contributed by atoms with Crippen LogP contribution in [0.2, 0.25) is 0 Å². The van der Waals surface area contributed by atoms with Gasteiger partial charge >= 0.3 is 0 Å². The third kappa shape index (κ3) is 4.19. The van der Waals surface area contributed by atoms with E-state index in [-0.39, 0.29) is 24.1 Å². The maximum absolute atomic E-state index is 13.3. The van der Waals surface area contributed by atoms with Crippen LogP contribution in [0.4, 0.5) is 5.69 Å². The third-order valence-corrected chi connectivity index (χ3v) is 7.22. The Hall–Kier alpha value is -3.72. The molecule has 3 aromatic rings. The van der Waals surface area contributed by atoms with Crippen molar-refractivity contribution >= 4 is 21.6 Å². The van der Waals surface area contributed by atoms with E-state index in [0.717, 1.165) is 0 Å². The van der Waals surface area contributed by atoms with Crippen molar-refractivity contribution in [3.8, 4) is 17.2 Å². The van der Waals surface area contributed by atoms with E-state index in [1.165, 1.54) is 16.4 Å². The second-order valence-electron chi connectivity index (χ2n) is 7.67. The average Bonchev–Trinajstić information content (AvgIpc) is 2.87. The van der Waals surface area contributed by atoms with E-state index >= 15 is 0 Å². The number of benzene rings is 3. The lowest BCUT2D eigenvalue weighted by Crippen LogP contribution is -2.52. The van der Waals surface area contributed by atoms with Crippen LogP contribution in [0.5, 0.6) is 17.2 Å². The Balaban J connectivity index is 1.32. The maximum atomic E-state index is 13.3. The molecule has 170 valence electrons. The second-order valence-corrected chi connectivity index (χ2v) is 9.53. The van der Waals surface area contributed by atoms with Crippen molar-refractivity contribution in [2.45, 2.75) is 17.1 Å². The summed E-state index contributed by atoms with van der Waals surface area (Å²) in [4.78, 5) is 13.1. The third-order valence-electron chi connectivity index (χ3n) is 5.43. The Morgan fingerprint density at radius 3 is 2.33 bits per heavy atom. The first kappa shape index (κ1) is 21.1. The SMILES string of the molecule is O=C(NCC1COc2ccccc2O1)C1CN(S(=O)(=O)c2ccccc2)c2ccccc2O1. The number of carbonyl (C=O) groups excluding carboxylic acids is 1. The van der Waals surface area contributed by atoms with Crippen LogP contribution in [0.15, 0.2) is 83.8 Å². The monoisotopic (exact) mass is 466 g/mol. The highest BCUT2D eigenvalue weighted by atomic mass is 32.2. The number of carbonyl (C=O) groups is 1. The van der Waals surface area contributed by atoms with Crippen molar-refractivity contribution in [1.29, 1.82) is 0 Å². The van der Waals surface area contributed by atoms with Crippen molar-refractivity contribution in [2.75, 3.05) is 24.0 Å². The lowest BCUT2D eigenvalue weighted by molar-refractivity contribution is -0.128. The molecule has 0 spiro atoms. The van der Waals surface area contributed by atoms with Crippen LogP contribution in [0.1, 0.15) is 0 Å². The number of sulfonamides is 1. The van der Waals surface area contributed by atoms with E-state index in [9.17, 15) is 13.2 Å². The molecule has 1 N–H and O–H groups in total. The Morgan fingerprint density at radius 2 is 1.55 bits per heavy atom. The van der Waals surface area contributed by atoms with Gasteiger partial charge in [-0.3, -0.25) is 9.10 Å². The van der Waals surface area contributed by atoms with Crippen LogP contribution in [0, 0.1) is 0 Å². The van der Waals surface area contributed by atoms with Crippen LogP contribution >= 0.6 is 0 Å². The van der Waals surface area contributed by atoms with Gasteiger partial charge in [-0.05, 0) is 36.4 Å². The van der Waals surface area contributed by atoms with Gasteiger partial charge < -0.3 is 19.5 Å². The summed E-state index contributed by atoms with van der Waals surface area (Å²) in [5.74, 6) is 1.18. The van der Waals surface area contributed by atoms with Crippen LogP contribution < -0.4 is 23.8 Å². The molecule has 0 fully saturated rings. The zero-order valence-electron chi connectivity index (χ0n) is 17.6. The zero-order valence-corrected chi connectivity index (χ0v) is 18.4. The summed E-state index contributed by atoms with van der Waals surface area (Å²) >= 11 is 0. The summed E-state index contributed by atoms with van der Waals surface area (Å²) in [6.07, 6.45) is -1.39. The summed E-state index contributed by atoms with van der Waals surface area (Å²) in [7, 11) is -3.88. The number of anilines is 1. The molecule has 0 aromatic heterocycles. The predicted molar refractivity (Wildman–Crippen MR) is 121 cm³/mol. The molecule has 2 aliphatic rings. The quantitative estimate of drug-likeness (QED) is 0.621. The number of amides is 1. The van der Waals surface area contributed by atoms with E-state index in [4.69, 9.17) is 14.2 Å². The fourth-order valence-electron chi connectivity index (χ4n) is 3.78. The smallest absolute Gasteiger partial charge is 0.264 e. The zero-order chi connectivity index (χ0) is 22.8. The highest BCUT2D eigenvalue weighted by molar-refractivity contribution is 7.92. The van der Waals surface area contributed by atoms with Crippen molar-refractivity contribution in [2.24, 2.45) is 0 Å². The summed E-state index contributed by atoms with van der Waals surface area (Å²) in [6, 6.07) is 22.2. The number of hydrogen-bond donors (Lipinski definition) is 1. The minimum absolute atomic E-state index is 0.146. The molecule has 0 bridgehead atoms. The number of hydrogen-bond acceptors (Lipinski definition) is 6. The van der Waals surface area contributed by atoms with Crippen molar-refractivity contribution in [1.82, 2.24) is 5.32 Å². The first-order valence-electron chi connectivity index (χ1n) is 10.5.